The van der Waals surface area contributed by atoms with E-state index in [9.17, 15) is 0 Å². The highest BCUT2D eigenvalue weighted by atomic mass is 35.5. The first-order chi connectivity index (χ1) is 11.3. The highest BCUT2D eigenvalue weighted by molar-refractivity contribution is 6.30. The quantitative estimate of drug-likeness (QED) is 0.766. The van der Waals surface area contributed by atoms with Gasteiger partial charge in [0.25, 0.3) is 0 Å². The summed E-state index contributed by atoms with van der Waals surface area (Å²) >= 11 is 5.94. The van der Waals surface area contributed by atoms with E-state index < -0.39 is 0 Å². The van der Waals surface area contributed by atoms with Gasteiger partial charge in [-0.1, -0.05) is 16.8 Å². The van der Waals surface area contributed by atoms with Gasteiger partial charge in [-0.15, -0.1) is 10.2 Å². The van der Waals surface area contributed by atoms with E-state index in [4.69, 9.17) is 16.3 Å². The van der Waals surface area contributed by atoms with Crippen molar-refractivity contribution in [1.82, 2.24) is 29.6 Å². The smallest absolute Gasteiger partial charge is 0.243 e. The van der Waals surface area contributed by atoms with E-state index in [0.717, 1.165) is 31.7 Å². The molecule has 1 unspecified atom stereocenters. The maximum atomic E-state index is 5.94. The van der Waals surface area contributed by atoms with Gasteiger partial charge < -0.3 is 10.1 Å². The Kier molecular flexibility index (Phi) is 3.84. The molecule has 0 amide bonds. The number of halogens is 1. The number of anilines is 1. The third-order valence-corrected chi connectivity index (χ3v) is 3.96. The molecule has 4 heterocycles. The molecule has 1 aliphatic heterocycles. The number of nitrogens with one attached hydrogen (secondary N) is 1. The summed E-state index contributed by atoms with van der Waals surface area (Å²) < 4.78 is 9.09. The summed E-state index contributed by atoms with van der Waals surface area (Å²) in [6.07, 6.45) is 6.15. The Balaban J connectivity index is 1.38. The number of hydrogen-bond acceptors (Lipinski definition) is 6. The molecule has 1 atom stereocenters. The number of pyridine rings is 1. The molecule has 23 heavy (non-hydrogen) atoms. The van der Waals surface area contributed by atoms with Crippen LogP contribution in [-0.2, 0) is 17.8 Å². The van der Waals surface area contributed by atoms with Gasteiger partial charge in [-0.25, -0.2) is 9.20 Å². The van der Waals surface area contributed by atoms with E-state index >= 15 is 0 Å². The van der Waals surface area contributed by atoms with Crippen LogP contribution in [0.3, 0.4) is 0 Å². The molecule has 0 radical (unpaired) electrons. The first-order valence-corrected chi connectivity index (χ1v) is 7.90. The molecule has 8 nitrogen and oxygen atoms in total. The van der Waals surface area contributed by atoms with Gasteiger partial charge in [0.15, 0.2) is 5.65 Å². The molecule has 1 N–H and O–H groups in total. The molecule has 4 rings (SSSR count). The van der Waals surface area contributed by atoms with Crippen LogP contribution in [0.1, 0.15) is 18.5 Å². The maximum absolute atomic E-state index is 5.94. The van der Waals surface area contributed by atoms with Crippen LogP contribution in [0.5, 0.6) is 0 Å². The zero-order valence-electron chi connectivity index (χ0n) is 12.4. The topological polar surface area (TPSA) is 82.2 Å². The molecule has 3 aromatic heterocycles. The Bertz CT molecular complexity index is 808. The van der Waals surface area contributed by atoms with Crippen LogP contribution in [0.25, 0.3) is 5.65 Å². The van der Waals surface area contributed by atoms with Crippen molar-refractivity contribution in [1.29, 1.82) is 0 Å². The lowest BCUT2D eigenvalue weighted by Crippen LogP contribution is -2.15. The zero-order chi connectivity index (χ0) is 15.6. The van der Waals surface area contributed by atoms with Crippen LogP contribution in [0.15, 0.2) is 24.5 Å². The highest BCUT2D eigenvalue weighted by Crippen LogP contribution is 2.14. The average molecular weight is 334 g/mol. The summed E-state index contributed by atoms with van der Waals surface area (Å²) in [7, 11) is 0. The fourth-order valence-electron chi connectivity index (χ4n) is 2.61. The Morgan fingerprint density at radius 2 is 2.39 bits per heavy atom. The van der Waals surface area contributed by atoms with Gasteiger partial charge in [0, 0.05) is 23.9 Å². The molecule has 9 heteroatoms. The molecule has 0 spiro atoms. The molecule has 0 aromatic carbocycles. The van der Waals surface area contributed by atoms with Gasteiger partial charge in [-0.05, 0) is 18.9 Å². The van der Waals surface area contributed by atoms with Crippen molar-refractivity contribution >= 4 is 23.2 Å². The predicted molar refractivity (Wildman–Crippen MR) is 84.3 cm³/mol. The minimum Gasteiger partial charge on any atom is -0.376 e. The van der Waals surface area contributed by atoms with Crippen LogP contribution < -0.4 is 5.32 Å². The fraction of sp³-hybridized carbons (Fsp3) is 0.429. The molecule has 1 saturated heterocycles. The van der Waals surface area contributed by atoms with Crippen LogP contribution in [0.4, 0.5) is 5.95 Å². The second kappa shape index (κ2) is 6.13. The standard InChI is InChI=1S/C14H16ClN7O/c15-10-3-4-22-13(6-10)17-14(19-22)16-7-11-8-21(20-18-11)9-12-2-1-5-23-12/h3-4,6,8,12H,1-2,5,7,9H2,(H,16,19). The Labute approximate surface area is 137 Å². The van der Waals surface area contributed by atoms with Gasteiger partial charge in [-0.3, -0.25) is 0 Å². The number of hydrogen-bond donors (Lipinski definition) is 1. The fourth-order valence-corrected chi connectivity index (χ4v) is 2.76. The summed E-state index contributed by atoms with van der Waals surface area (Å²) in [4.78, 5) is 4.36. The largest absolute Gasteiger partial charge is 0.376 e. The molecular formula is C14H16ClN7O. The molecule has 120 valence electrons. The lowest BCUT2D eigenvalue weighted by atomic mass is 10.2. The van der Waals surface area contributed by atoms with Crippen LogP contribution >= 0.6 is 11.6 Å². The van der Waals surface area contributed by atoms with E-state index in [2.05, 4.69) is 25.7 Å². The average Bonchev–Trinajstić information content (AvgIpc) is 3.25. The van der Waals surface area contributed by atoms with Crippen molar-refractivity contribution in [2.75, 3.05) is 11.9 Å². The molecule has 3 aromatic rings. The lowest BCUT2D eigenvalue weighted by molar-refractivity contribution is 0.0935. The van der Waals surface area contributed by atoms with Crippen molar-refractivity contribution in [3.63, 3.8) is 0 Å². The van der Waals surface area contributed by atoms with Crippen LogP contribution in [-0.4, -0.2) is 42.3 Å². The van der Waals surface area contributed by atoms with E-state index in [0.29, 0.717) is 23.2 Å². The third kappa shape index (κ3) is 3.27. The van der Waals surface area contributed by atoms with Gasteiger partial charge in [-0.2, -0.15) is 4.98 Å². The number of rotatable bonds is 5. The SMILES string of the molecule is Clc1ccn2nc(NCc3cn(CC4CCCO4)nn3)nc2c1. The van der Waals surface area contributed by atoms with Gasteiger partial charge in [0.1, 0.15) is 5.69 Å². The highest BCUT2D eigenvalue weighted by Gasteiger charge is 2.16. The Hall–Kier alpha value is -2.19. The Morgan fingerprint density at radius 1 is 1.43 bits per heavy atom. The number of aromatic nitrogens is 6. The second-order valence-electron chi connectivity index (χ2n) is 5.50. The minimum atomic E-state index is 0.252. The molecule has 0 bridgehead atoms. The summed E-state index contributed by atoms with van der Waals surface area (Å²) in [6, 6.07) is 3.53. The molecule has 1 aliphatic rings. The summed E-state index contributed by atoms with van der Waals surface area (Å²) in [5.41, 5.74) is 1.53. The predicted octanol–water partition coefficient (Wildman–Crippen LogP) is 1.77. The monoisotopic (exact) mass is 333 g/mol. The minimum absolute atomic E-state index is 0.252. The normalized spacial score (nSPS) is 17.9. The molecule has 0 aliphatic carbocycles. The van der Waals surface area contributed by atoms with E-state index in [1.165, 1.54) is 0 Å². The van der Waals surface area contributed by atoms with Crippen molar-refractivity contribution in [2.24, 2.45) is 0 Å². The zero-order valence-corrected chi connectivity index (χ0v) is 13.1. The van der Waals surface area contributed by atoms with Crippen molar-refractivity contribution in [2.45, 2.75) is 32.0 Å². The first-order valence-electron chi connectivity index (χ1n) is 7.53. The second-order valence-corrected chi connectivity index (χ2v) is 5.94. The molecule has 1 fully saturated rings. The van der Waals surface area contributed by atoms with E-state index in [1.807, 2.05) is 10.9 Å². The van der Waals surface area contributed by atoms with Crippen LogP contribution in [0.2, 0.25) is 5.02 Å². The lowest BCUT2D eigenvalue weighted by Gasteiger charge is -2.07. The van der Waals surface area contributed by atoms with E-state index in [1.54, 1.807) is 22.8 Å². The molecular weight excluding hydrogens is 318 g/mol. The number of ether oxygens (including phenoxy) is 1. The van der Waals surface area contributed by atoms with Crippen molar-refractivity contribution in [3.05, 3.63) is 35.2 Å². The third-order valence-electron chi connectivity index (χ3n) is 3.73. The summed E-state index contributed by atoms with van der Waals surface area (Å²) in [5, 5.41) is 16.4. The Morgan fingerprint density at radius 3 is 3.26 bits per heavy atom. The van der Waals surface area contributed by atoms with Gasteiger partial charge in [0.05, 0.1) is 25.4 Å². The van der Waals surface area contributed by atoms with E-state index in [-0.39, 0.29) is 6.10 Å². The van der Waals surface area contributed by atoms with Gasteiger partial charge >= 0.3 is 0 Å². The summed E-state index contributed by atoms with van der Waals surface area (Å²) in [5.74, 6) is 0.529. The van der Waals surface area contributed by atoms with Crippen LogP contribution in [0, 0.1) is 0 Å². The maximum Gasteiger partial charge on any atom is 0.243 e. The first kappa shape index (κ1) is 14.4. The number of fused-ring (bicyclic) bond motifs is 1. The number of nitrogens with zero attached hydrogens (tertiary/aromatic N) is 6. The summed E-state index contributed by atoms with van der Waals surface area (Å²) in [6.45, 7) is 2.10. The van der Waals surface area contributed by atoms with Crippen molar-refractivity contribution in [3.8, 4) is 0 Å². The van der Waals surface area contributed by atoms with Crippen molar-refractivity contribution < 1.29 is 4.74 Å². The van der Waals surface area contributed by atoms with Gasteiger partial charge in [0.2, 0.25) is 5.95 Å². The molecule has 0 saturated carbocycles.